The number of piperidine rings is 1. The lowest BCUT2D eigenvalue weighted by atomic mass is 9.92. The van der Waals surface area contributed by atoms with Crippen molar-refractivity contribution in [3.05, 3.63) is 65.7 Å². The van der Waals surface area contributed by atoms with Crippen LogP contribution in [0.15, 0.2) is 54.6 Å². The van der Waals surface area contributed by atoms with Gasteiger partial charge in [-0.25, -0.2) is 0 Å². The van der Waals surface area contributed by atoms with Crippen molar-refractivity contribution in [1.29, 1.82) is 5.41 Å². The van der Waals surface area contributed by atoms with E-state index in [1.165, 1.54) is 0 Å². The molecule has 2 amide bonds. The molecular formula is C23H26N4O4. The predicted molar refractivity (Wildman–Crippen MR) is 117 cm³/mol. The molecular weight excluding hydrogens is 396 g/mol. The Morgan fingerprint density at radius 3 is 2.45 bits per heavy atom. The first-order valence-corrected chi connectivity index (χ1v) is 10.2. The normalized spacial score (nSPS) is 17.1. The maximum Gasteiger partial charge on any atom is 0.305 e. The molecule has 0 saturated carbocycles. The first-order valence-electron chi connectivity index (χ1n) is 10.2. The largest absolute Gasteiger partial charge is 0.481 e. The molecule has 8 nitrogen and oxygen atoms in total. The van der Waals surface area contributed by atoms with Crippen LogP contribution in [0.2, 0.25) is 0 Å². The number of hydrogen-bond donors (Lipinski definition) is 4. The fourth-order valence-corrected chi connectivity index (χ4v) is 3.81. The van der Waals surface area contributed by atoms with Gasteiger partial charge in [-0.3, -0.25) is 19.8 Å². The van der Waals surface area contributed by atoms with E-state index in [0.29, 0.717) is 29.8 Å². The van der Waals surface area contributed by atoms with E-state index >= 15 is 0 Å². The van der Waals surface area contributed by atoms with Crippen LogP contribution in [0.3, 0.4) is 0 Å². The van der Waals surface area contributed by atoms with Crippen LogP contribution in [0.5, 0.6) is 0 Å². The minimum absolute atomic E-state index is 0.00379. The number of aliphatic carboxylic acids is 1. The van der Waals surface area contributed by atoms with Gasteiger partial charge in [0.05, 0.1) is 12.5 Å². The maximum atomic E-state index is 13.0. The van der Waals surface area contributed by atoms with Crippen LogP contribution in [0, 0.1) is 11.3 Å². The first-order chi connectivity index (χ1) is 14.8. The van der Waals surface area contributed by atoms with Gasteiger partial charge in [-0.05, 0) is 42.7 Å². The predicted octanol–water partition coefficient (Wildman–Crippen LogP) is 2.44. The molecule has 2 atom stereocenters. The van der Waals surface area contributed by atoms with Crippen molar-refractivity contribution < 1.29 is 19.5 Å². The topological polar surface area (TPSA) is 137 Å². The lowest BCUT2D eigenvalue weighted by Gasteiger charge is -2.32. The lowest BCUT2D eigenvalue weighted by molar-refractivity contribution is -0.138. The molecule has 0 aliphatic carbocycles. The second-order valence-electron chi connectivity index (χ2n) is 7.62. The van der Waals surface area contributed by atoms with Gasteiger partial charge in [-0.15, -0.1) is 0 Å². The zero-order valence-corrected chi connectivity index (χ0v) is 17.1. The zero-order valence-electron chi connectivity index (χ0n) is 17.1. The Morgan fingerprint density at radius 1 is 1.16 bits per heavy atom. The van der Waals surface area contributed by atoms with E-state index in [1.54, 1.807) is 53.4 Å². The molecule has 0 spiro atoms. The SMILES string of the molecule is N=C(N)c1ccc(N2CCCC(CC(=O)N[C@@H](CC(=O)O)c3ccccc3)C2=O)cc1. The molecule has 0 bridgehead atoms. The lowest BCUT2D eigenvalue weighted by Crippen LogP contribution is -2.43. The van der Waals surface area contributed by atoms with Crippen molar-refractivity contribution >= 4 is 29.3 Å². The highest BCUT2D eigenvalue weighted by Crippen LogP contribution is 2.27. The van der Waals surface area contributed by atoms with Gasteiger partial charge in [-0.2, -0.15) is 0 Å². The number of carbonyl (C=O) groups is 3. The third-order valence-electron chi connectivity index (χ3n) is 5.39. The summed E-state index contributed by atoms with van der Waals surface area (Å²) in [5.74, 6) is -2.00. The molecule has 2 aromatic rings. The number of anilines is 1. The number of carboxylic acids is 1. The van der Waals surface area contributed by atoms with Gasteiger partial charge in [0.2, 0.25) is 11.8 Å². The minimum Gasteiger partial charge on any atom is -0.481 e. The quantitative estimate of drug-likeness (QED) is 0.383. The molecule has 8 heteroatoms. The van der Waals surface area contributed by atoms with Crippen molar-refractivity contribution in [3.8, 4) is 0 Å². The average molecular weight is 422 g/mol. The molecule has 31 heavy (non-hydrogen) atoms. The second kappa shape index (κ2) is 9.88. The molecule has 1 aliphatic heterocycles. The Kier molecular flexibility index (Phi) is 7.02. The Hall–Kier alpha value is -3.68. The highest BCUT2D eigenvalue weighted by atomic mass is 16.4. The van der Waals surface area contributed by atoms with Gasteiger partial charge in [0.25, 0.3) is 0 Å². The van der Waals surface area contributed by atoms with Crippen molar-refractivity contribution in [1.82, 2.24) is 5.32 Å². The Balaban J connectivity index is 1.66. The highest BCUT2D eigenvalue weighted by molar-refractivity contribution is 5.99. The van der Waals surface area contributed by atoms with E-state index in [2.05, 4.69) is 5.32 Å². The van der Waals surface area contributed by atoms with Crippen LogP contribution in [0.25, 0.3) is 0 Å². The Labute approximate surface area is 180 Å². The monoisotopic (exact) mass is 422 g/mol. The number of amidine groups is 1. The van der Waals surface area contributed by atoms with Crippen molar-refractivity contribution in [2.75, 3.05) is 11.4 Å². The summed E-state index contributed by atoms with van der Waals surface area (Å²) in [6.45, 7) is 0.558. The fraction of sp³-hybridized carbons (Fsp3) is 0.304. The number of benzene rings is 2. The van der Waals surface area contributed by atoms with Crippen LogP contribution in [-0.2, 0) is 14.4 Å². The van der Waals surface area contributed by atoms with Crippen LogP contribution in [0.1, 0.15) is 42.9 Å². The Bertz CT molecular complexity index is 959. The highest BCUT2D eigenvalue weighted by Gasteiger charge is 2.32. The van der Waals surface area contributed by atoms with Crippen LogP contribution >= 0.6 is 0 Å². The van der Waals surface area contributed by atoms with Crippen LogP contribution in [-0.4, -0.2) is 35.3 Å². The molecule has 0 aromatic heterocycles. The summed E-state index contributed by atoms with van der Waals surface area (Å²) in [5.41, 5.74) is 7.47. The van der Waals surface area contributed by atoms with Gasteiger partial charge < -0.3 is 21.1 Å². The molecule has 1 heterocycles. The molecule has 162 valence electrons. The van der Waals surface area contributed by atoms with Crippen molar-refractivity contribution in [2.24, 2.45) is 11.7 Å². The second-order valence-corrected chi connectivity index (χ2v) is 7.62. The molecule has 3 rings (SSSR count). The number of carbonyl (C=O) groups excluding carboxylic acids is 2. The summed E-state index contributed by atoms with van der Waals surface area (Å²) in [7, 11) is 0. The van der Waals surface area contributed by atoms with E-state index in [4.69, 9.17) is 11.1 Å². The van der Waals surface area contributed by atoms with E-state index < -0.39 is 17.9 Å². The third-order valence-corrected chi connectivity index (χ3v) is 5.39. The van der Waals surface area contributed by atoms with E-state index in [0.717, 1.165) is 6.42 Å². The molecule has 0 radical (unpaired) electrons. The number of nitrogens with one attached hydrogen (secondary N) is 2. The molecule has 1 fully saturated rings. The zero-order chi connectivity index (χ0) is 22.4. The summed E-state index contributed by atoms with van der Waals surface area (Å²) in [4.78, 5) is 38.6. The number of nitrogens with two attached hydrogens (primary N) is 1. The van der Waals surface area contributed by atoms with E-state index in [1.807, 2.05) is 6.07 Å². The summed E-state index contributed by atoms with van der Waals surface area (Å²) in [6.07, 6.45) is 1.13. The van der Waals surface area contributed by atoms with Gasteiger partial charge in [0, 0.05) is 30.1 Å². The Morgan fingerprint density at radius 2 is 1.84 bits per heavy atom. The fourth-order valence-electron chi connectivity index (χ4n) is 3.81. The van der Waals surface area contributed by atoms with Crippen molar-refractivity contribution in [2.45, 2.75) is 31.7 Å². The standard InChI is InChI=1S/C23H26N4O4/c24-22(25)16-8-10-18(11-9-16)27-12-4-7-17(23(27)31)13-20(28)26-19(14-21(29)30)15-5-2-1-3-6-15/h1-3,5-6,8-11,17,19H,4,7,12-14H2,(H3,24,25)(H,26,28)(H,29,30)/t17?,19-/m0/s1. The van der Waals surface area contributed by atoms with Crippen LogP contribution in [0.4, 0.5) is 5.69 Å². The molecule has 1 saturated heterocycles. The number of amides is 2. The molecule has 1 unspecified atom stereocenters. The van der Waals surface area contributed by atoms with Crippen molar-refractivity contribution in [3.63, 3.8) is 0 Å². The molecule has 2 aromatic carbocycles. The number of rotatable bonds is 8. The smallest absolute Gasteiger partial charge is 0.305 e. The van der Waals surface area contributed by atoms with Gasteiger partial charge in [-0.1, -0.05) is 30.3 Å². The van der Waals surface area contributed by atoms with Gasteiger partial charge in [0.15, 0.2) is 0 Å². The average Bonchev–Trinajstić information content (AvgIpc) is 2.75. The number of nitrogen functional groups attached to an aromatic ring is 1. The summed E-state index contributed by atoms with van der Waals surface area (Å²) in [6, 6.07) is 15.2. The minimum atomic E-state index is -1.01. The van der Waals surface area contributed by atoms with Crippen LogP contribution < -0.4 is 16.0 Å². The summed E-state index contributed by atoms with van der Waals surface area (Å²) >= 11 is 0. The third kappa shape index (κ3) is 5.69. The number of nitrogens with zero attached hydrogens (tertiary/aromatic N) is 1. The van der Waals surface area contributed by atoms with Gasteiger partial charge in [0.1, 0.15) is 5.84 Å². The maximum absolute atomic E-state index is 13.0. The summed E-state index contributed by atoms with van der Waals surface area (Å²) in [5, 5.41) is 19.5. The molecule has 1 aliphatic rings. The first kappa shape index (κ1) is 22.0. The number of carboxylic acid groups (broad SMARTS) is 1. The van der Waals surface area contributed by atoms with E-state index in [9.17, 15) is 19.5 Å². The summed E-state index contributed by atoms with van der Waals surface area (Å²) < 4.78 is 0. The number of hydrogen-bond acceptors (Lipinski definition) is 4. The van der Waals surface area contributed by atoms with E-state index in [-0.39, 0.29) is 30.5 Å². The van der Waals surface area contributed by atoms with Gasteiger partial charge >= 0.3 is 5.97 Å². The molecule has 5 N–H and O–H groups in total.